The van der Waals surface area contributed by atoms with Crippen molar-refractivity contribution in [1.29, 1.82) is 0 Å². The van der Waals surface area contributed by atoms with Crippen LogP contribution in [0.3, 0.4) is 0 Å². The fraction of sp³-hybridized carbons (Fsp3) is 0.127. The number of nitrogen functional groups attached to an aromatic ring is 1. The molecule has 0 saturated heterocycles. The first-order valence-electron chi connectivity index (χ1n) is 26.0. The third-order valence-corrected chi connectivity index (χ3v) is 16.8. The zero-order chi connectivity index (χ0) is 49.0. The fourth-order valence-electron chi connectivity index (χ4n) is 13.4. The summed E-state index contributed by atoms with van der Waals surface area (Å²) in [6.45, 7) is 6.90. The Kier molecular flexibility index (Phi) is 9.73. The first kappa shape index (κ1) is 43.2. The van der Waals surface area contributed by atoms with Crippen LogP contribution in [0.1, 0.15) is 95.2 Å². The van der Waals surface area contributed by atoms with E-state index >= 15 is 0 Å². The maximum atomic E-state index is 6.72. The van der Waals surface area contributed by atoms with Crippen LogP contribution in [0.5, 0.6) is 0 Å². The van der Waals surface area contributed by atoms with Crippen LogP contribution in [0, 0.1) is 11.8 Å². The molecule has 73 heavy (non-hydrogen) atoms. The number of hydrogen-bond acceptors (Lipinski definition) is 1. The smallest absolute Gasteiger partial charge is 0.0725 e. The summed E-state index contributed by atoms with van der Waals surface area (Å²) < 4.78 is 2.39. The van der Waals surface area contributed by atoms with Gasteiger partial charge in [-0.3, -0.25) is 0 Å². The lowest BCUT2D eigenvalue weighted by atomic mass is 9.70. The van der Waals surface area contributed by atoms with Crippen LogP contribution in [0.15, 0.2) is 218 Å². The largest absolute Gasteiger partial charge is 0.398 e. The Morgan fingerprint density at radius 3 is 1.74 bits per heavy atom. The van der Waals surface area contributed by atoms with E-state index in [1.54, 1.807) is 0 Å². The van der Waals surface area contributed by atoms with Crippen molar-refractivity contribution in [3.05, 3.63) is 274 Å². The molecule has 1 aromatic heterocycles. The molecule has 10 aromatic carbocycles. The van der Waals surface area contributed by atoms with Gasteiger partial charge >= 0.3 is 0 Å². The Hall–Kier alpha value is -8.64. The average molecular weight is 935 g/mol. The van der Waals surface area contributed by atoms with Crippen molar-refractivity contribution in [2.75, 3.05) is 5.73 Å². The van der Waals surface area contributed by atoms with Crippen molar-refractivity contribution in [3.63, 3.8) is 0 Å². The van der Waals surface area contributed by atoms with E-state index in [0.29, 0.717) is 5.69 Å². The number of nitrogens with zero attached hydrogens (tertiary/aromatic N) is 1. The van der Waals surface area contributed by atoms with Gasteiger partial charge in [-0.05, 0) is 132 Å². The van der Waals surface area contributed by atoms with Crippen molar-refractivity contribution >= 4 is 27.5 Å². The van der Waals surface area contributed by atoms with Crippen LogP contribution in [0.2, 0.25) is 0 Å². The van der Waals surface area contributed by atoms with E-state index in [-0.39, 0.29) is 11.3 Å². The first-order valence-corrected chi connectivity index (χ1v) is 26.0. The monoisotopic (exact) mass is 934 g/mol. The van der Waals surface area contributed by atoms with Crippen LogP contribution in [-0.2, 0) is 17.3 Å². The molecule has 3 aliphatic carbocycles. The molecule has 348 valence electrons. The number of nitrogens with two attached hydrogens (primary N) is 1. The normalized spacial score (nSPS) is 14.2. The molecule has 1 spiro atoms. The number of para-hydroxylation sites is 1. The lowest BCUT2D eigenvalue weighted by Crippen LogP contribution is -2.26. The molecule has 1 atom stereocenters. The lowest BCUT2D eigenvalue weighted by Gasteiger charge is -2.31. The van der Waals surface area contributed by atoms with Gasteiger partial charge in [0.1, 0.15) is 0 Å². The Labute approximate surface area is 428 Å². The number of aromatic nitrogens is 1. The molecule has 2 N–H and O–H groups in total. The average Bonchev–Trinajstić information content (AvgIpc) is 4.11. The zero-order valence-corrected chi connectivity index (χ0v) is 41.5. The van der Waals surface area contributed by atoms with E-state index in [4.69, 9.17) is 5.73 Å². The molecule has 0 amide bonds. The van der Waals surface area contributed by atoms with Crippen molar-refractivity contribution in [1.82, 2.24) is 4.57 Å². The lowest BCUT2D eigenvalue weighted by molar-refractivity contribution is 0.656. The minimum atomic E-state index is -0.391. The molecule has 11 aromatic rings. The summed E-state index contributed by atoms with van der Waals surface area (Å²) >= 11 is 0. The van der Waals surface area contributed by atoms with Gasteiger partial charge in [-0.15, -0.1) is 0 Å². The minimum Gasteiger partial charge on any atom is -0.398 e. The van der Waals surface area contributed by atoms with Gasteiger partial charge in [0, 0.05) is 39.9 Å². The van der Waals surface area contributed by atoms with Crippen LogP contribution in [-0.4, -0.2) is 4.57 Å². The van der Waals surface area contributed by atoms with Gasteiger partial charge in [0.2, 0.25) is 0 Å². The summed E-state index contributed by atoms with van der Waals surface area (Å²) in [6.07, 6.45) is 2.67. The highest BCUT2D eigenvalue weighted by Crippen LogP contribution is 2.63. The van der Waals surface area contributed by atoms with Gasteiger partial charge in [-0.2, -0.15) is 0 Å². The molecule has 2 nitrogen and oxygen atoms in total. The summed E-state index contributed by atoms with van der Waals surface area (Å²) in [7, 11) is 0. The maximum Gasteiger partial charge on any atom is 0.0725 e. The molecule has 1 heterocycles. The molecule has 0 radical (unpaired) electrons. The predicted molar refractivity (Wildman–Crippen MR) is 305 cm³/mol. The number of fused-ring (bicyclic) bond motifs is 16. The first-order chi connectivity index (χ1) is 35.8. The van der Waals surface area contributed by atoms with Gasteiger partial charge in [0.25, 0.3) is 0 Å². The number of aryl methyl sites for hydroxylation is 1. The molecule has 0 bridgehead atoms. The summed E-state index contributed by atoms with van der Waals surface area (Å²) in [5.74, 6) is 6.94. The molecule has 1 unspecified atom stereocenters. The van der Waals surface area contributed by atoms with Crippen molar-refractivity contribution in [3.8, 4) is 62.0 Å². The topological polar surface area (TPSA) is 30.9 Å². The highest BCUT2D eigenvalue weighted by Gasteiger charge is 2.51. The van der Waals surface area contributed by atoms with Gasteiger partial charge in [-0.1, -0.05) is 227 Å². The number of anilines is 1. The summed E-state index contributed by atoms with van der Waals surface area (Å²) in [4.78, 5) is 0. The van der Waals surface area contributed by atoms with E-state index in [9.17, 15) is 0 Å². The summed E-state index contributed by atoms with van der Waals surface area (Å²) in [5, 5.41) is 2.37. The number of hydrogen-bond donors (Lipinski definition) is 1. The minimum absolute atomic E-state index is 0.163. The molecule has 0 aliphatic heterocycles. The Balaban J connectivity index is 0.857. The standard InChI is InChI=1S/C71H54N2/c1-4-5-19-60-67(72)41-40-59-58-23-12-16-27-68(58)73(69(59)60)50-35-39-56-55-37-29-45(42-64(55)70(2,3)65(56)44-50)28-36-51(48-32-30-47(31-33-48)46-17-7-6-8-18-46)49-34-38-57-54-22-11-15-26-63(54)71(66(57)43-49)61-24-13-9-20-52(61)53-21-10-14-25-62(53)71/h6-18,20-27,29-35,37-44,51H,4,28,36,72H2,1-3H3. The zero-order valence-electron chi connectivity index (χ0n) is 41.5. The molecule has 0 fully saturated rings. The van der Waals surface area contributed by atoms with E-state index in [1.165, 1.54) is 105 Å². The van der Waals surface area contributed by atoms with Gasteiger partial charge in [-0.25, -0.2) is 0 Å². The summed E-state index contributed by atoms with van der Waals surface area (Å²) in [5.41, 5.74) is 33.8. The summed E-state index contributed by atoms with van der Waals surface area (Å²) in [6, 6.07) is 82.2. The van der Waals surface area contributed by atoms with E-state index in [1.807, 2.05) is 6.07 Å². The molecular formula is C71H54N2. The van der Waals surface area contributed by atoms with Crippen LogP contribution >= 0.6 is 0 Å². The fourth-order valence-corrected chi connectivity index (χ4v) is 13.4. The van der Waals surface area contributed by atoms with Gasteiger partial charge in [0.05, 0.1) is 22.0 Å². The Morgan fingerprint density at radius 2 is 1.04 bits per heavy atom. The number of rotatable bonds is 7. The highest BCUT2D eigenvalue weighted by atomic mass is 15.0. The van der Waals surface area contributed by atoms with Gasteiger partial charge in [0.15, 0.2) is 0 Å². The Bertz CT molecular complexity index is 4050. The van der Waals surface area contributed by atoms with Crippen molar-refractivity contribution in [2.45, 2.75) is 56.8 Å². The third-order valence-electron chi connectivity index (χ3n) is 16.8. The second kappa shape index (κ2) is 16.5. The van der Waals surface area contributed by atoms with Crippen molar-refractivity contribution < 1.29 is 0 Å². The van der Waals surface area contributed by atoms with E-state index in [2.05, 4.69) is 250 Å². The molecule has 2 heteroatoms. The molecular weight excluding hydrogens is 881 g/mol. The molecule has 3 aliphatic rings. The Morgan fingerprint density at radius 1 is 0.479 bits per heavy atom. The van der Waals surface area contributed by atoms with Crippen LogP contribution in [0.25, 0.3) is 72.0 Å². The van der Waals surface area contributed by atoms with Crippen molar-refractivity contribution in [2.24, 2.45) is 0 Å². The van der Waals surface area contributed by atoms with E-state index < -0.39 is 5.41 Å². The molecule has 0 saturated carbocycles. The predicted octanol–water partition coefficient (Wildman–Crippen LogP) is 17.2. The van der Waals surface area contributed by atoms with Crippen LogP contribution < -0.4 is 5.73 Å². The quantitative estimate of drug-likeness (QED) is 0.125. The maximum absolute atomic E-state index is 6.72. The second-order valence-electron chi connectivity index (χ2n) is 20.9. The highest BCUT2D eigenvalue weighted by molar-refractivity contribution is 6.12. The van der Waals surface area contributed by atoms with Crippen LogP contribution in [0.4, 0.5) is 5.69 Å². The van der Waals surface area contributed by atoms with E-state index in [0.717, 1.165) is 41.5 Å². The van der Waals surface area contributed by atoms with Gasteiger partial charge < -0.3 is 10.3 Å². The SMILES string of the molecule is CCC#Cc1c(N)ccc2c3ccccc3n(-c3ccc4c(c3)C(C)(C)c3cc(CCC(c5ccc(-c6ccccc6)cc5)c5ccc6c(c5)C5(c7ccccc7-c7ccccc75)c5ccccc5-6)ccc3-4)c12. The second-order valence-corrected chi connectivity index (χ2v) is 20.9. The number of benzene rings is 10. The molecule has 14 rings (SSSR count). The third kappa shape index (κ3) is 6.31.